The number of hydrogen-bond donors (Lipinski definition) is 0. The average Bonchev–Trinajstić information content (AvgIpc) is 2.78. The minimum Gasteiger partial charge on any atom is -0.302 e. The lowest BCUT2D eigenvalue weighted by Gasteiger charge is -2.03. The number of halogens is 1. The van der Waals surface area contributed by atoms with Crippen molar-refractivity contribution in [2.45, 2.75) is 5.92 Å². The third kappa shape index (κ3) is 1.01. The van der Waals surface area contributed by atoms with Crippen molar-refractivity contribution in [2.75, 3.05) is 0 Å². The third-order valence-electron chi connectivity index (χ3n) is 2.63. The van der Waals surface area contributed by atoms with E-state index in [1.807, 2.05) is 29.0 Å². The Morgan fingerprint density at radius 3 is 3.13 bits per heavy atom. The molecule has 0 aliphatic carbocycles. The maximum Gasteiger partial charge on any atom is 0.135 e. The predicted molar refractivity (Wildman–Crippen MR) is 58.7 cm³/mol. The number of nitrogens with zero attached hydrogens (tertiary/aromatic N) is 3. The number of nitriles is 1. The normalized spacial score (nSPS) is 16.9. The van der Waals surface area contributed by atoms with Crippen molar-refractivity contribution in [3.8, 4) is 11.8 Å². The number of fused-ring (bicyclic) bond motifs is 3. The first-order chi connectivity index (χ1) is 7.33. The Bertz CT molecular complexity index is 580. The van der Waals surface area contributed by atoms with Gasteiger partial charge in [0.1, 0.15) is 11.7 Å². The van der Waals surface area contributed by atoms with Crippen LogP contribution in [0.5, 0.6) is 0 Å². The molecule has 4 heteroatoms. The molecular weight excluding hydrogens is 254 g/mol. The fourth-order valence-corrected chi connectivity index (χ4v) is 2.59. The van der Waals surface area contributed by atoms with Gasteiger partial charge in [0.25, 0.3) is 0 Å². The van der Waals surface area contributed by atoms with Crippen LogP contribution < -0.4 is 0 Å². The van der Waals surface area contributed by atoms with Crippen LogP contribution in [0.25, 0.3) is 5.69 Å². The third-order valence-corrected chi connectivity index (χ3v) is 3.33. The van der Waals surface area contributed by atoms with Gasteiger partial charge in [0, 0.05) is 22.4 Å². The molecule has 0 bridgehead atoms. The fraction of sp³-hybridized carbons (Fsp3) is 0.0909. The summed E-state index contributed by atoms with van der Waals surface area (Å²) in [6.45, 7) is 0. The Morgan fingerprint density at radius 1 is 1.47 bits per heavy atom. The van der Waals surface area contributed by atoms with Gasteiger partial charge >= 0.3 is 0 Å². The molecule has 72 valence electrons. The van der Waals surface area contributed by atoms with Crippen molar-refractivity contribution < 1.29 is 0 Å². The van der Waals surface area contributed by atoms with Crippen LogP contribution in [0.15, 0.2) is 35.1 Å². The lowest BCUT2D eigenvalue weighted by Crippen LogP contribution is -1.95. The highest BCUT2D eigenvalue weighted by atomic mass is 79.9. The van der Waals surface area contributed by atoms with E-state index in [0.717, 1.165) is 21.5 Å². The van der Waals surface area contributed by atoms with Crippen molar-refractivity contribution in [1.29, 1.82) is 5.26 Å². The highest BCUT2D eigenvalue weighted by Crippen LogP contribution is 2.40. The molecule has 1 aliphatic rings. The van der Waals surface area contributed by atoms with Gasteiger partial charge < -0.3 is 4.57 Å². The van der Waals surface area contributed by atoms with Crippen LogP contribution in [0.4, 0.5) is 0 Å². The van der Waals surface area contributed by atoms with Crippen molar-refractivity contribution in [3.63, 3.8) is 0 Å². The summed E-state index contributed by atoms with van der Waals surface area (Å²) < 4.78 is 2.94. The molecule has 1 aliphatic heterocycles. The molecule has 2 aromatic rings. The van der Waals surface area contributed by atoms with E-state index < -0.39 is 0 Å². The zero-order valence-corrected chi connectivity index (χ0v) is 9.27. The van der Waals surface area contributed by atoms with Gasteiger partial charge in [0.2, 0.25) is 0 Å². The zero-order chi connectivity index (χ0) is 10.4. The van der Waals surface area contributed by atoms with Crippen molar-refractivity contribution >= 4 is 15.9 Å². The molecule has 0 radical (unpaired) electrons. The highest BCUT2D eigenvalue weighted by Gasteiger charge is 2.31. The van der Waals surface area contributed by atoms with Crippen LogP contribution in [0.2, 0.25) is 0 Å². The number of rotatable bonds is 0. The summed E-state index contributed by atoms with van der Waals surface area (Å²) in [6, 6.07) is 8.21. The van der Waals surface area contributed by atoms with E-state index in [4.69, 9.17) is 0 Å². The summed E-state index contributed by atoms with van der Waals surface area (Å²) in [5.41, 5.74) is 2.06. The number of hydrogen-bond acceptors (Lipinski definition) is 2. The van der Waals surface area contributed by atoms with Crippen LogP contribution in [-0.2, 0) is 0 Å². The van der Waals surface area contributed by atoms with E-state index in [9.17, 15) is 5.26 Å². The topological polar surface area (TPSA) is 41.6 Å². The van der Waals surface area contributed by atoms with Gasteiger partial charge in [-0.15, -0.1) is 0 Å². The SMILES string of the molecule is N#CC1c2c(Br)cccc2-n2ccnc21. The lowest BCUT2D eigenvalue weighted by atomic mass is 10.0. The minimum atomic E-state index is -0.259. The Hall–Kier alpha value is -1.60. The molecule has 3 rings (SSSR count). The van der Waals surface area contributed by atoms with E-state index in [1.54, 1.807) is 6.20 Å². The van der Waals surface area contributed by atoms with E-state index in [0.29, 0.717) is 0 Å². The van der Waals surface area contributed by atoms with E-state index >= 15 is 0 Å². The van der Waals surface area contributed by atoms with Gasteiger partial charge in [-0.05, 0) is 12.1 Å². The number of benzene rings is 1. The van der Waals surface area contributed by atoms with Gasteiger partial charge in [0.05, 0.1) is 11.8 Å². The molecule has 0 amide bonds. The van der Waals surface area contributed by atoms with Gasteiger partial charge in [-0.25, -0.2) is 4.98 Å². The number of imidazole rings is 1. The van der Waals surface area contributed by atoms with Crippen LogP contribution in [0.3, 0.4) is 0 Å². The Balaban J connectivity index is 2.39. The van der Waals surface area contributed by atoms with Gasteiger partial charge in [-0.2, -0.15) is 5.26 Å². The first kappa shape index (κ1) is 8.69. The maximum absolute atomic E-state index is 9.18. The fourth-order valence-electron chi connectivity index (χ4n) is 2.01. The Kier molecular flexibility index (Phi) is 1.70. The van der Waals surface area contributed by atoms with E-state index in [1.165, 1.54) is 0 Å². The first-order valence-electron chi connectivity index (χ1n) is 4.54. The largest absolute Gasteiger partial charge is 0.302 e. The van der Waals surface area contributed by atoms with Crippen molar-refractivity contribution in [2.24, 2.45) is 0 Å². The van der Waals surface area contributed by atoms with Crippen molar-refractivity contribution in [3.05, 3.63) is 46.5 Å². The maximum atomic E-state index is 9.18. The summed E-state index contributed by atoms with van der Waals surface area (Å²) in [4.78, 5) is 4.22. The molecule has 1 aromatic carbocycles. The molecule has 3 nitrogen and oxygen atoms in total. The van der Waals surface area contributed by atoms with Crippen LogP contribution in [0.1, 0.15) is 17.3 Å². The monoisotopic (exact) mass is 259 g/mol. The second kappa shape index (κ2) is 2.94. The second-order valence-corrected chi connectivity index (χ2v) is 4.24. The summed E-state index contributed by atoms with van der Waals surface area (Å²) in [6.07, 6.45) is 3.61. The van der Waals surface area contributed by atoms with E-state index in [-0.39, 0.29) is 5.92 Å². The van der Waals surface area contributed by atoms with Gasteiger partial charge in [0.15, 0.2) is 0 Å². The summed E-state index contributed by atoms with van der Waals surface area (Å²) in [5, 5.41) is 9.18. The summed E-state index contributed by atoms with van der Waals surface area (Å²) in [7, 11) is 0. The molecule has 1 unspecified atom stereocenters. The minimum absolute atomic E-state index is 0.259. The number of aromatic nitrogens is 2. The molecule has 1 aromatic heterocycles. The molecule has 0 saturated heterocycles. The molecule has 1 atom stereocenters. The smallest absolute Gasteiger partial charge is 0.135 e. The van der Waals surface area contributed by atoms with Crippen molar-refractivity contribution in [1.82, 2.24) is 9.55 Å². The molecule has 0 N–H and O–H groups in total. The van der Waals surface area contributed by atoms with E-state index in [2.05, 4.69) is 27.0 Å². The summed E-state index contributed by atoms with van der Waals surface area (Å²) in [5.74, 6) is 0.546. The lowest BCUT2D eigenvalue weighted by molar-refractivity contribution is 0.933. The molecule has 0 fully saturated rings. The predicted octanol–water partition coefficient (Wildman–Crippen LogP) is 2.60. The average molecular weight is 260 g/mol. The standard InChI is InChI=1S/C11H6BrN3/c12-8-2-1-3-9-10(8)7(6-13)11-14-4-5-15(9)11/h1-5,7H. The molecule has 2 heterocycles. The highest BCUT2D eigenvalue weighted by molar-refractivity contribution is 9.10. The van der Waals surface area contributed by atoms with Gasteiger partial charge in [-0.1, -0.05) is 22.0 Å². The van der Waals surface area contributed by atoms with Crippen LogP contribution in [0, 0.1) is 11.3 Å². The zero-order valence-electron chi connectivity index (χ0n) is 7.68. The molecular formula is C11H6BrN3. The second-order valence-electron chi connectivity index (χ2n) is 3.39. The Morgan fingerprint density at radius 2 is 2.33 bits per heavy atom. The van der Waals surface area contributed by atoms with Crippen LogP contribution in [-0.4, -0.2) is 9.55 Å². The van der Waals surface area contributed by atoms with Crippen LogP contribution >= 0.6 is 15.9 Å². The molecule has 0 spiro atoms. The Labute approximate surface area is 95.1 Å². The quantitative estimate of drug-likeness (QED) is 0.730. The summed E-state index contributed by atoms with van der Waals surface area (Å²) >= 11 is 3.48. The molecule has 0 saturated carbocycles. The molecule has 15 heavy (non-hydrogen) atoms. The van der Waals surface area contributed by atoms with Gasteiger partial charge in [-0.3, -0.25) is 0 Å². The first-order valence-corrected chi connectivity index (χ1v) is 5.34.